The first kappa shape index (κ1) is 21.3. The molecule has 0 bridgehead atoms. The molecular weight excluding hydrogens is 414 g/mol. The molecule has 3 atom stereocenters. The van der Waals surface area contributed by atoms with E-state index >= 15 is 0 Å². The van der Waals surface area contributed by atoms with E-state index in [2.05, 4.69) is 4.74 Å². The zero-order valence-electron chi connectivity index (χ0n) is 16.3. The van der Waals surface area contributed by atoms with Gasteiger partial charge in [-0.25, -0.2) is 0 Å². The summed E-state index contributed by atoms with van der Waals surface area (Å²) in [4.78, 5) is 1.98. The van der Waals surface area contributed by atoms with Crippen molar-refractivity contribution in [1.29, 1.82) is 0 Å². The van der Waals surface area contributed by atoms with Crippen molar-refractivity contribution in [2.24, 2.45) is 0 Å². The van der Waals surface area contributed by atoms with Gasteiger partial charge in [-0.3, -0.25) is 4.90 Å². The standard InChI is InChI=1S/C21H24F2N2O4S/c22-20(23)29-18-8-6-17(7-9-18)12-24-11-10-21(15-24)19(26)14-25(30(21,27)28)13-16-4-2-1-3-5-16/h1-9,19-20,26H,10-15H2/t19-,21+/m0/s1. The number of benzene rings is 2. The summed E-state index contributed by atoms with van der Waals surface area (Å²) in [6, 6.07) is 15.6. The second-order valence-corrected chi connectivity index (χ2v) is 10.1. The van der Waals surface area contributed by atoms with Gasteiger partial charge >= 0.3 is 6.61 Å². The Morgan fingerprint density at radius 2 is 1.80 bits per heavy atom. The van der Waals surface area contributed by atoms with E-state index in [0.29, 0.717) is 19.5 Å². The Balaban J connectivity index is 1.44. The topological polar surface area (TPSA) is 76.1 Å². The van der Waals surface area contributed by atoms with Crippen LogP contribution in [0.25, 0.3) is 0 Å². The van der Waals surface area contributed by atoms with Gasteiger partial charge in [0.25, 0.3) is 0 Å². The molecule has 2 aromatic carbocycles. The lowest BCUT2D eigenvalue weighted by Crippen LogP contribution is -2.51. The van der Waals surface area contributed by atoms with Crippen molar-refractivity contribution < 1.29 is 27.4 Å². The number of alkyl halides is 2. The smallest absolute Gasteiger partial charge is 0.387 e. The van der Waals surface area contributed by atoms with Crippen molar-refractivity contribution >= 4 is 10.4 Å². The molecule has 2 heterocycles. The molecule has 0 aliphatic carbocycles. The van der Waals surface area contributed by atoms with Crippen molar-refractivity contribution in [3.05, 3.63) is 65.7 Å². The molecule has 1 unspecified atom stereocenters. The Labute approximate surface area is 175 Å². The lowest BCUT2D eigenvalue weighted by molar-refractivity contribution is -0.0498. The van der Waals surface area contributed by atoms with Crippen LogP contribution in [0.5, 0.6) is 5.75 Å². The summed E-state index contributed by atoms with van der Waals surface area (Å²) < 4.78 is 55.7. The fourth-order valence-electron chi connectivity index (χ4n) is 4.36. The number of β-amino-alcohol motifs (C(OH)–C–C–N with tert-alkyl or cyclic N) is 1. The quantitative estimate of drug-likeness (QED) is 0.702. The third kappa shape index (κ3) is 4.00. The Morgan fingerprint density at radius 1 is 1.13 bits per heavy atom. The molecule has 0 saturated carbocycles. The van der Waals surface area contributed by atoms with E-state index in [1.165, 1.54) is 16.4 Å². The molecule has 2 aromatic rings. The van der Waals surface area contributed by atoms with Crippen LogP contribution < -0.4 is 4.74 Å². The van der Waals surface area contributed by atoms with Crippen LogP contribution in [-0.4, -0.2) is 56.0 Å². The van der Waals surface area contributed by atoms with Crippen molar-refractivity contribution in [3.8, 4) is 5.75 Å². The van der Waals surface area contributed by atoms with Crippen molar-refractivity contribution in [1.82, 2.24) is 9.21 Å². The van der Waals surface area contributed by atoms with Gasteiger partial charge in [0.05, 0.1) is 19.6 Å². The van der Waals surface area contributed by atoms with E-state index in [1.807, 2.05) is 35.2 Å². The number of ether oxygens (including phenoxy) is 1. The molecule has 2 aliphatic heterocycles. The average molecular weight is 438 g/mol. The van der Waals surface area contributed by atoms with Gasteiger partial charge in [0.2, 0.25) is 0 Å². The van der Waals surface area contributed by atoms with Crippen LogP contribution in [0.3, 0.4) is 0 Å². The second-order valence-electron chi connectivity index (χ2n) is 7.85. The van der Waals surface area contributed by atoms with Crippen molar-refractivity contribution in [3.63, 3.8) is 0 Å². The summed E-state index contributed by atoms with van der Waals surface area (Å²) in [6.07, 6.45) is -0.605. The summed E-state index contributed by atoms with van der Waals surface area (Å²) in [7, 11) is -3.68. The van der Waals surface area contributed by atoms with Crippen LogP contribution in [0.1, 0.15) is 17.5 Å². The molecule has 0 aromatic heterocycles. The molecule has 2 aliphatic rings. The lowest BCUT2D eigenvalue weighted by atomic mass is 10.0. The fraction of sp³-hybridized carbons (Fsp3) is 0.429. The van der Waals surface area contributed by atoms with Crippen LogP contribution >= 0.6 is 0 Å². The van der Waals surface area contributed by atoms with E-state index in [0.717, 1.165) is 11.1 Å². The zero-order valence-corrected chi connectivity index (χ0v) is 17.1. The van der Waals surface area contributed by atoms with Gasteiger partial charge in [-0.05, 0) is 23.3 Å². The molecule has 1 N–H and O–H groups in total. The number of sulfonamides is 1. The lowest BCUT2D eigenvalue weighted by Gasteiger charge is -2.32. The monoisotopic (exact) mass is 438 g/mol. The highest BCUT2D eigenvalue weighted by molar-refractivity contribution is 7.97. The number of rotatable bonds is 6. The predicted molar refractivity (Wildman–Crippen MR) is 107 cm³/mol. The SMILES string of the molecule is O=[S+]1([O-])N(Cc2ccccc2)C[C@H](O)[C@]12CCN(Cc1ccc(OC(F)F)cc1)C2. The van der Waals surface area contributed by atoms with E-state index < -0.39 is 27.9 Å². The average Bonchev–Trinajstić information content (AvgIpc) is 3.21. The maximum Gasteiger partial charge on any atom is 0.387 e. The molecule has 162 valence electrons. The number of hydrogen-bond acceptors (Lipinski definition) is 5. The number of halogens is 2. The fourth-order valence-corrected chi connectivity index (χ4v) is 6.64. The van der Waals surface area contributed by atoms with Crippen molar-refractivity contribution in [2.45, 2.75) is 37.0 Å². The Kier molecular flexibility index (Phi) is 5.91. The van der Waals surface area contributed by atoms with Gasteiger partial charge in [-0.15, -0.1) is 4.31 Å². The van der Waals surface area contributed by atoms with E-state index in [-0.39, 0.29) is 25.4 Å². The first-order valence-electron chi connectivity index (χ1n) is 9.78. The minimum Gasteiger partial charge on any atom is -0.597 e. The maximum absolute atomic E-state index is 13.3. The third-order valence-corrected chi connectivity index (χ3v) is 8.53. The Bertz CT molecular complexity index is 915. The molecular formula is C21H24F2N2O4S. The van der Waals surface area contributed by atoms with Gasteiger partial charge in [0.15, 0.2) is 4.75 Å². The van der Waals surface area contributed by atoms with Gasteiger partial charge in [0, 0.05) is 19.5 Å². The molecule has 0 amide bonds. The van der Waals surface area contributed by atoms with Gasteiger partial charge in [-0.2, -0.15) is 8.78 Å². The number of aliphatic hydroxyl groups is 1. The van der Waals surface area contributed by atoms with Crippen LogP contribution in [-0.2, 0) is 27.7 Å². The van der Waals surface area contributed by atoms with E-state index in [9.17, 15) is 22.6 Å². The number of aliphatic hydroxyl groups excluding tert-OH is 1. The van der Waals surface area contributed by atoms with Crippen LogP contribution in [0.2, 0.25) is 0 Å². The number of likely N-dealkylation sites (tertiary alicyclic amines) is 1. The first-order valence-corrected chi connectivity index (χ1v) is 11.2. The Morgan fingerprint density at radius 3 is 2.47 bits per heavy atom. The summed E-state index contributed by atoms with van der Waals surface area (Å²) in [6.45, 7) is -1.31. The van der Waals surface area contributed by atoms with Crippen molar-refractivity contribution in [2.75, 3.05) is 19.6 Å². The summed E-state index contributed by atoms with van der Waals surface area (Å²) >= 11 is 0. The molecule has 4 rings (SSSR count). The molecule has 30 heavy (non-hydrogen) atoms. The molecule has 6 nitrogen and oxygen atoms in total. The highest BCUT2D eigenvalue weighted by Crippen LogP contribution is 2.45. The van der Waals surface area contributed by atoms with Crippen LogP contribution in [0.15, 0.2) is 54.6 Å². The summed E-state index contributed by atoms with van der Waals surface area (Å²) in [5.41, 5.74) is 1.74. The molecule has 2 fully saturated rings. The van der Waals surface area contributed by atoms with E-state index in [4.69, 9.17) is 0 Å². The van der Waals surface area contributed by atoms with Gasteiger partial charge in [0.1, 0.15) is 22.3 Å². The maximum atomic E-state index is 13.3. The minimum atomic E-state index is -3.68. The van der Waals surface area contributed by atoms with Gasteiger partial charge in [-0.1, -0.05) is 46.7 Å². The van der Waals surface area contributed by atoms with E-state index in [1.54, 1.807) is 12.1 Å². The first-order chi connectivity index (χ1) is 14.3. The third-order valence-electron chi connectivity index (χ3n) is 5.94. The summed E-state index contributed by atoms with van der Waals surface area (Å²) in [5, 5.41) is 10.7. The number of nitrogens with zero attached hydrogens (tertiary/aromatic N) is 2. The molecule has 0 radical (unpaired) electrons. The summed E-state index contributed by atoms with van der Waals surface area (Å²) in [5.74, 6) is 0.0805. The predicted octanol–water partition coefficient (Wildman–Crippen LogP) is 2.65. The molecule has 9 heteroatoms. The van der Waals surface area contributed by atoms with Gasteiger partial charge < -0.3 is 14.4 Å². The largest absolute Gasteiger partial charge is 0.597 e. The van der Waals surface area contributed by atoms with Crippen LogP contribution in [0.4, 0.5) is 8.78 Å². The molecule has 1 spiro atoms. The zero-order chi connectivity index (χ0) is 21.4. The highest BCUT2D eigenvalue weighted by atomic mass is 32.3. The Hall–Kier alpha value is -1.91. The van der Waals surface area contributed by atoms with Crippen LogP contribution in [0, 0.1) is 0 Å². The second kappa shape index (κ2) is 8.32. The highest BCUT2D eigenvalue weighted by Gasteiger charge is 2.65. The molecule has 2 saturated heterocycles. The minimum absolute atomic E-state index is 0.0805. The normalized spacial score (nSPS) is 29.8. The number of hydrogen-bond donors (Lipinski definition) is 1.